The van der Waals surface area contributed by atoms with Crippen molar-refractivity contribution in [3.63, 3.8) is 0 Å². The lowest BCUT2D eigenvalue weighted by Crippen LogP contribution is -2.22. The maximum Gasteiger partial charge on any atom is 0.127 e. The van der Waals surface area contributed by atoms with Crippen molar-refractivity contribution in [3.05, 3.63) is 23.3 Å². The van der Waals surface area contributed by atoms with Gasteiger partial charge in [0, 0.05) is 25.3 Å². The van der Waals surface area contributed by atoms with E-state index in [4.69, 9.17) is 20.1 Å². The van der Waals surface area contributed by atoms with Crippen LogP contribution in [0.1, 0.15) is 11.1 Å². The largest absolute Gasteiger partial charge is 0.497 e. The molecule has 16 heavy (non-hydrogen) atoms. The van der Waals surface area contributed by atoms with Crippen LogP contribution in [0, 0.1) is 0 Å². The fourth-order valence-electron chi connectivity index (χ4n) is 1.56. The molecule has 0 atom stereocenters. The van der Waals surface area contributed by atoms with E-state index in [1.807, 2.05) is 12.1 Å². The van der Waals surface area contributed by atoms with E-state index in [2.05, 4.69) is 5.43 Å². The van der Waals surface area contributed by atoms with E-state index >= 15 is 0 Å². The summed E-state index contributed by atoms with van der Waals surface area (Å²) < 4.78 is 15.6. The molecule has 0 saturated heterocycles. The number of hydrogen-bond donors (Lipinski definition) is 2. The van der Waals surface area contributed by atoms with Crippen molar-refractivity contribution in [1.29, 1.82) is 0 Å². The third-order valence-corrected chi connectivity index (χ3v) is 2.31. The molecule has 0 amide bonds. The zero-order valence-electron chi connectivity index (χ0n) is 9.87. The first-order chi connectivity index (χ1) is 7.76. The number of nitrogens with two attached hydrogens (primary N) is 1. The van der Waals surface area contributed by atoms with Crippen LogP contribution in [0.15, 0.2) is 12.1 Å². The summed E-state index contributed by atoms with van der Waals surface area (Å²) in [6, 6.07) is 3.74. The van der Waals surface area contributed by atoms with Gasteiger partial charge < -0.3 is 14.2 Å². The van der Waals surface area contributed by atoms with Gasteiger partial charge in [-0.2, -0.15) is 0 Å². The lowest BCUT2D eigenvalue weighted by Gasteiger charge is -2.15. The molecule has 0 aliphatic heterocycles. The van der Waals surface area contributed by atoms with Crippen LogP contribution in [0.25, 0.3) is 0 Å². The Kier molecular flexibility index (Phi) is 5.04. The van der Waals surface area contributed by atoms with E-state index < -0.39 is 0 Å². The second-order valence-electron chi connectivity index (χ2n) is 3.28. The summed E-state index contributed by atoms with van der Waals surface area (Å²) in [6.45, 7) is 1.01. The number of benzene rings is 1. The molecule has 0 radical (unpaired) electrons. The zero-order valence-corrected chi connectivity index (χ0v) is 9.87. The summed E-state index contributed by atoms with van der Waals surface area (Å²) in [5, 5.41) is 0. The Morgan fingerprint density at radius 3 is 2.44 bits per heavy atom. The van der Waals surface area contributed by atoms with E-state index in [9.17, 15) is 0 Å². The second-order valence-corrected chi connectivity index (χ2v) is 3.28. The highest BCUT2D eigenvalue weighted by Gasteiger charge is 2.11. The molecule has 90 valence electrons. The summed E-state index contributed by atoms with van der Waals surface area (Å²) in [6.07, 6.45) is 0. The third-order valence-electron chi connectivity index (χ3n) is 2.31. The van der Waals surface area contributed by atoms with Crippen LogP contribution in [0.2, 0.25) is 0 Å². The van der Waals surface area contributed by atoms with Gasteiger partial charge >= 0.3 is 0 Å². The molecule has 0 fully saturated rings. The summed E-state index contributed by atoms with van der Waals surface area (Å²) in [5.74, 6) is 6.82. The van der Waals surface area contributed by atoms with Crippen molar-refractivity contribution in [2.75, 3.05) is 21.3 Å². The summed E-state index contributed by atoms with van der Waals surface area (Å²) in [4.78, 5) is 0. The second kappa shape index (κ2) is 6.32. The minimum Gasteiger partial charge on any atom is -0.497 e. The Morgan fingerprint density at radius 2 is 1.94 bits per heavy atom. The number of hydrazine groups is 1. The van der Waals surface area contributed by atoms with Gasteiger partial charge in [0.05, 0.1) is 20.8 Å². The first-order valence-corrected chi connectivity index (χ1v) is 4.93. The standard InChI is InChI=1S/C11H18N2O3/c1-14-7-8-4-9(15-2)5-11(16-3)10(8)6-13-12/h4-5,13H,6-7,12H2,1-3H3. The number of rotatable bonds is 6. The molecule has 0 aromatic heterocycles. The number of nitrogens with one attached hydrogen (secondary N) is 1. The van der Waals surface area contributed by atoms with Gasteiger partial charge in [0.2, 0.25) is 0 Å². The fourth-order valence-corrected chi connectivity index (χ4v) is 1.56. The lowest BCUT2D eigenvalue weighted by atomic mass is 10.1. The van der Waals surface area contributed by atoms with Crippen molar-refractivity contribution in [2.45, 2.75) is 13.2 Å². The zero-order chi connectivity index (χ0) is 12.0. The number of methoxy groups -OCH3 is 3. The molecule has 0 aliphatic rings. The normalized spacial score (nSPS) is 10.2. The maximum atomic E-state index is 5.34. The van der Waals surface area contributed by atoms with Crippen LogP contribution >= 0.6 is 0 Å². The van der Waals surface area contributed by atoms with E-state index in [-0.39, 0.29) is 0 Å². The minimum atomic E-state index is 0.491. The smallest absolute Gasteiger partial charge is 0.127 e. The number of hydrogen-bond acceptors (Lipinski definition) is 5. The summed E-state index contributed by atoms with van der Waals surface area (Å²) >= 11 is 0. The number of ether oxygens (including phenoxy) is 3. The molecule has 3 N–H and O–H groups in total. The highest BCUT2D eigenvalue weighted by atomic mass is 16.5. The van der Waals surface area contributed by atoms with Crippen LogP contribution in [0.4, 0.5) is 0 Å². The van der Waals surface area contributed by atoms with E-state index in [1.165, 1.54) is 0 Å². The van der Waals surface area contributed by atoms with E-state index in [0.29, 0.717) is 13.2 Å². The Balaban J connectivity index is 3.17. The van der Waals surface area contributed by atoms with Crippen LogP contribution in [-0.4, -0.2) is 21.3 Å². The van der Waals surface area contributed by atoms with Gasteiger partial charge in [0.25, 0.3) is 0 Å². The molecule has 0 unspecified atom stereocenters. The Morgan fingerprint density at radius 1 is 1.19 bits per heavy atom. The molecular weight excluding hydrogens is 208 g/mol. The van der Waals surface area contributed by atoms with Crippen LogP contribution in [0.3, 0.4) is 0 Å². The first-order valence-electron chi connectivity index (χ1n) is 4.93. The monoisotopic (exact) mass is 226 g/mol. The van der Waals surface area contributed by atoms with Crippen LogP contribution < -0.4 is 20.7 Å². The van der Waals surface area contributed by atoms with Gasteiger partial charge in [-0.1, -0.05) is 0 Å². The first kappa shape index (κ1) is 12.8. The van der Waals surface area contributed by atoms with Crippen LogP contribution in [0.5, 0.6) is 11.5 Å². The molecule has 1 aromatic rings. The average Bonchev–Trinajstić information content (AvgIpc) is 2.31. The molecule has 1 aromatic carbocycles. The van der Waals surface area contributed by atoms with Crippen molar-refractivity contribution < 1.29 is 14.2 Å². The van der Waals surface area contributed by atoms with Crippen molar-refractivity contribution in [2.24, 2.45) is 5.84 Å². The predicted molar refractivity (Wildman–Crippen MR) is 61.3 cm³/mol. The minimum absolute atomic E-state index is 0.491. The van der Waals surface area contributed by atoms with Gasteiger partial charge in [0.1, 0.15) is 11.5 Å². The van der Waals surface area contributed by atoms with Crippen molar-refractivity contribution >= 4 is 0 Å². The molecule has 5 heteroatoms. The van der Waals surface area contributed by atoms with E-state index in [0.717, 1.165) is 22.6 Å². The predicted octanol–water partition coefficient (Wildman–Crippen LogP) is 0.814. The lowest BCUT2D eigenvalue weighted by molar-refractivity contribution is 0.183. The molecule has 5 nitrogen and oxygen atoms in total. The van der Waals surface area contributed by atoms with Crippen molar-refractivity contribution in [3.8, 4) is 11.5 Å². The Bertz CT molecular complexity index is 342. The maximum absolute atomic E-state index is 5.34. The molecular formula is C11H18N2O3. The highest BCUT2D eigenvalue weighted by Crippen LogP contribution is 2.29. The molecule has 0 aliphatic carbocycles. The van der Waals surface area contributed by atoms with Gasteiger partial charge in [-0.3, -0.25) is 11.3 Å². The van der Waals surface area contributed by atoms with E-state index in [1.54, 1.807) is 21.3 Å². The summed E-state index contributed by atoms with van der Waals surface area (Å²) in [5.41, 5.74) is 4.59. The SMILES string of the molecule is COCc1cc(OC)cc(OC)c1CNN. The topological polar surface area (TPSA) is 65.7 Å². The molecule has 0 saturated carbocycles. The molecule has 0 bridgehead atoms. The molecule has 0 spiro atoms. The summed E-state index contributed by atoms with van der Waals surface area (Å²) in [7, 11) is 4.88. The van der Waals surface area contributed by atoms with Crippen LogP contribution in [-0.2, 0) is 17.9 Å². The third kappa shape index (κ3) is 2.85. The molecule has 1 rings (SSSR count). The highest BCUT2D eigenvalue weighted by molar-refractivity contribution is 5.46. The van der Waals surface area contributed by atoms with Crippen molar-refractivity contribution in [1.82, 2.24) is 5.43 Å². The van der Waals surface area contributed by atoms with Gasteiger partial charge in [-0.05, 0) is 11.6 Å². The molecule has 0 heterocycles. The Labute approximate surface area is 95.5 Å². The van der Waals surface area contributed by atoms with Gasteiger partial charge in [0.15, 0.2) is 0 Å². The quantitative estimate of drug-likeness (QED) is 0.555. The average molecular weight is 226 g/mol. The van der Waals surface area contributed by atoms with Gasteiger partial charge in [-0.15, -0.1) is 0 Å². The van der Waals surface area contributed by atoms with Gasteiger partial charge in [-0.25, -0.2) is 0 Å². The fraction of sp³-hybridized carbons (Fsp3) is 0.455. The Hall–Kier alpha value is -1.30.